The van der Waals surface area contributed by atoms with E-state index in [0.29, 0.717) is 33.8 Å². The summed E-state index contributed by atoms with van der Waals surface area (Å²) >= 11 is 0. The molecule has 118 valence electrons. The summed E-state index contributed by atoms with van der Waals surface area (Å²) in [6, 6.07) is 5.58. The number of hydrogen-bond donors (Lipinski definition) is 1. The van der Waals surface area contributed by atoms with Gasteiger partial charge in [0, 0.05) is 6.04 Å². The lowest BCUT2D eigenvalue weighted by molar-refractivity contribution is 0.0939. The van der Waals surface area contributed by atoms with E-state index in [1.165, 1.54) is 12.8 Å². The maximum atomic E-state index is 12.7. The van der Waals surface area contributed by atoms with Crippen LogP contribution in [0.4, 0.5) is 0 Å². The molecule has 1 saturated carbocycles. The number of aromatic nitrogens is 2. The highest BCUT2D eigenvalue weighted by atomic mass is 16.5. The average Bonchev–Trinajstić information content (AvgIpc) is 3.28. The molecule has 1 aliphatic rings. The van der Waals surface area contributed by atoms with Crippen molar-refractivity contribution >= 4 is 17.0 Å². The smallest absolute Gasteiger partial charge is 0.259 e. The minimum Gasteiger partial charge on any atom is -0.463 e. The molecule has 0 spiro atoms. The van der Waals surface area contributed by atoms with E-state index in [-0.39, 0.29) is 11.9 Å². The fraction of sp³-hybridized carbons (Fsp3) is 0.353. The van der Waals surface area contributed by atoms with Crippen LogP contribution in [0.5, 0.6) is 0 Å². The van der Waals surface area contributed by atoms with Crippen molar-refractivity contribution in [2.45, 2.75) is 38.6 Å². The summed E-state index contributed by atoms with van der Waals surface area (Å²) < 4.78 is 10.7. The third-order valence-corrected chi connectivity index (χ3v) is 4.33. The highest BCUT2D eigenvalue weighted by Crippen LogP contribution is 2.28. The molecule has 6 nitrogen and oxygen atoms in total. The predicted molar refractivity (Wildman–Crippen MR) is 84.0 cm³/mol. The van der Waals surface area contributed by atoms with E-state index in [1.54, 1.807) is 24.5 Å². The van der Waals surface area contributed by atoms with Crippen molar-refractivity contribution in [2.75, 3.05) is 0 Å². The first kappa shape index (κ1) is 14.0. The highest BCUT2D eigenvalue weighted by molar-refractivity contribution is 6.07. The fourth-order valence-corrected chi connectivity index (χ4v) is 3.16. The molecular weight excluding hydrogens is 294 g/mol. The van der Waals surface area contributed by atoms with Crippen molar-refractivity contribution in [1.29, 1.82) is 0 Å². The molecule has 4 rings (SSSR count). The van der Waals surface area contributed by atoms with E-state index in [1.807, 2.05) is 6.92 Å². The van der Waals surface area contributed by atoms with Crippen LogP contribution in [0.25, 0.3) is 22.6 Å². The summed E-state index contributed by atoms with van der Waals surface area (Å²) in [5.74, 6) is 0.485. The molecule has 3 aromatic heterocycles. The third kappa shape index (κ3) is 2.50. The van der Waals surface area contributed by atoms with Gasteiger partial charge in [0.2, 0.25) is 0 Å². The number of pyridine rings is 1. The molecule has 0 atom stereocenters. The van der Waals surface area contributed by atoms with Gasteiger partial charge in [0.1, 0.15) is 5.69 Å². The number of amides is 1. The summed E-state index contributed by atoms with van der Waals surface area (Å²) in [6.07, 6.45) is 5.98. The van der Waals surface area contributed by atoms with Crippen LogP contribution in [0.1, 0.15) is 41.7 Å². The number of nitrogens with zero attached hydrogens (tertiary/aromatic N) is 2. The molecule has 3 heterocycles. The maximum Gasteiger partial charge on any atom is 0.259 e. The number of rotatable bonds is 3. The van der Waals surface area contributed by atoms with Gasteiger partial charge in [-0.25, -0.2) is 4.98 Å². The van der Waals surface area contributed by atoms with Crippen LogP contribution >= 0.6 is 0 Å². The Hall–Kier alpha value is -2.63. The normalized spacial score (nSPS) is 15.3. The van der Waals surface area contributed by atoms with Gasteiger partial charge in [0.15, 0.2) is 5.76 Å². The number of furan rings is 1. The van der Waals surface area contributed by atoms with Crippen LogP contribution < -0.4 is 5.32 Å². The average molecular weight is 311 g/mol. The van der Waals surface area contributed by atoms with Gasteiger partial charge in [0.05, 0.1) is 22.9 Å². The van der Waals surface area contributed by atoms with Crippen LogP contribution in [-0.4, -0.2) is 22.1 Å². The highest BCUT2D eigenvalue weighted by Gasteiger charge is 2.23. The molecule has 1 amide bonds. The van der Waals surface area contributed by atoms with Gasteiger partial charge in [-0.2, -0.15) is 0 Å². The largest absolute Gasteiger partial charge is 0.463 e. The molecule has 23 heavy (non-hydrogen) atoms. The van der Waals surface area contributed by atoms with E-state index in [2.05, 4.69) is 15.5 Å². The van der Waals surface area contributed by atoms with E-state index in [0.717, 1.165) is 12.8 Å². The zero-order chi connectivity index (χ0) is 15.8. The molecule has 0 aliphatic heterocycles. The Kier molecular flexibility index (Phi) is 3.37. The summed E-state index contributed by atoms with van der Waals surface area (Å²) in [4.78, 5) is 17.2. The quantitative estimate of drug-likeness (QED) is 0.801. The molecule has 0 saturated heterocycles. The number of fused-ring (bicyclic) bond motifs is 1. The number of hydrogen-bond acceptors (Lipinski definition) is 5. The Balaban J connectivity index is 1.79. The molecular formula is C17H17N3O3. The first-order valence-corrected chi connectivity index (χ1v) is 7.84. The Labute approximate surface area is 132 Å². The third-order valence-electron chi connectivity index (χ3n) is 4.33. The number of carbonyl (C=O) groups is 1. The van der Waals surface area contributed by atoms with Crippen LogP contribution in [0.15, 0.2) is 33.4 Å². The number of carbonyl (C=O) groups excluding carboxylic acids is 1. The lowest BCUT2D eigenvalue weighted by Gasteiger charge is -2.12. The topological polar surface area (TPSA) is 81.2 Å². The van der Waals surface area contributed by atoms with Crippen molar-refractivity contribution in [3.05, 3.63) is 35.7 Å². The van der Waals surface area contributed by atoms with Crippen molar-refractivity contribution < 1.29 is 13.7 Å². The van der Waals surface area contributed by atoms with Gasteiger partial charge >= 0.3 is 0 Å². The summed E-state index contributed by atoms with van der Waals surface area (Å²) in [6.45, 7) is 1.81. The van der Waals surface area contributed by atoms with Gasteiger partial charge in [-0.15, -0.1) is 0 Å². The van der Waals surface area contributed by atoms with Gasteiger partial charge in [-0.3, -0.25) is 4.79 Å². The van der Waals surface area contributed by atoms with E-state index in [9.17, 15) is 4.79 Å². The van der Waals surface area contributed by atoms with Gasteiger partial charge in [-0.05, 0) is 38.0 Å². The van der Waals surface area contributed by atoms with E-state index < -0.39 is 0 Å². The minimum absolute atomic E-state index is 0.108. The first-order valence-electron chi connectivity index (χ1n) is 7.84. The Bertz CT molecular complexity index is 845. The van der Waals surface area contributed by atoms with Crippen molar-refractivity contribution in [3.63, 3.8) is 0 Å². The van der Waals surface area contributed by atoms with Gasteiger partial charge in [-0.1, -0.05) is 18.0 Å². The Morgan fingerprint density at radius 2 is 2.17 bits per heavy atom. The first-order chi connectivity index (χ1) is 11.2. The maximum absolute atomic E-state index is 12.7. The summed E-state index contributed by atoms with van der Waals surface area (Å²) in [5, 5.41) is 7.72. The second-order valence-electron chi connectivity index (χ2n) is 5.94. The van der Waals surface area contributed by atoms with E-state index >= 15 is 0 Å². The second-order valence-corrected chi connectivity index (χ2v) is 5.94. The van der Waals surface area contributed by atoms with Crippen LogP contribution in [-0.2, 0) is 0 Å². The zero-order valence-electron chi connectivity index (χ0n) is 12.8. The predicted octanol–water partition coefficient (Wildman–Crippen LogP) is 3.46. The molecule has 1 fully saturated rings. The Morgan fingerprint density at radius 1 is 1.35 bits per heavy atom. The summed E-state index contributed by atoms with van der Waals surface area (Å²) in [7, 11) is 0. The Morgan fingerprint density at radius 3 is 2.91 bits per heavy atom. The number of nitrogens with one attached hydrogen (secondary N) is 1. The number of aryl methyl sites for hydroxylation is 1. The standard InChI is InChI=1S/C17H17N3O3/c1-10-15-12(16(21)18-11-5-2-3-6-11)9-13(14-7-4-8-22-14)19-17(15)23-20-10/h4,7-9,11H,2-3,5-6H2,1H3,(H,18,21). The second kappa shape index (κ2) is 5.53. The van der Waals surface area contributed by atoms with Gasteiger partial charge in [0.25, 0.3) is 11.6 Å². The van der Waals surface area contributed by atoms with Crippen molar-refractivity contribution in [2.24, 2.45) is 0 Å². The van der Waals surface area contributed by atoms with Crippen LogP contribution in [0.2, 0.25) is 0 Å². The minimum atomic E-state index is -0.108. The van der Waals surface area contributed by atoms with Crippen molar-refractivity contribution in [3.8, 4) is 11.5 Å². The lowest BCUT2D eigenvalue weighted by atomic mass is 10.1. The molecule has 0 bridgehead atoms. The molecule has 3 aromatic rings. The van der Waals surface area contributed by atoms with Gasteiger partial charge < -0.3 is 14.3 Å². The van der Waals surface area contributed by atoms with Crippen LogP contribution in [0.3, 0.4) is 0 Å². The molecule has 6 heteroatoms. The molecule has 1 N–H and O–H groups in total. The lowest BCUT2D eigenvalue weighted by Crippen LogP contribution is -2.32. The fourth-order valence-electron chi connectivity index (χ4n) is 3.16. The SMILES string of the molecule is Cc1noc2nc(-c3ccco3)cc(C(=O)NC3CCCC3)c12. The van der Waals surface area contributed by atoms with Crippen LogP contribution in [0, 0.1) is 6.92 Å². The molecule has 0 radical (unpaired) electrons. The molecule has 0 aromatic carbocycles. The molecule has 0 unspecified atom stereocenters. The monoisotopic (exact) mass is 311 g/mol. The zero-order valence-corrected chi connectivity index (χ0v) is 12.8. The summed E-state index contributed by atoms with van der Waals surface area (Å²) in [5.41, 5.74) is 2.12. The molecule has 1 aliphatic carbocycles. The van der Waals surface area contributed by atoms with E-state index in [4.69, 9.17) is 8.94 Å². The van der Waals surface area contributed by atoms with Crippen molar-refractivity contribution in [1.82, 2.24) is 15.5 Å².